The highest BCUT2D eigenvalue weighted by Gasteiger charge is 2.09. The van der Waals surface area contributed by atoms with E-state index in [9.17, 15) is 9.18 Å². The van der Waals surface area contributed by atoms with E-state index in [1.807, 2.05) is 0 Å². The van der Waals surface area contributed by atoms with Gasteiger partial charge >= 0.3 is 0 Å². The maximum absolute atomic E-state index is 13.3. The van der Waals surface area contributed by atoms with E-state index in [1.54, 1.807) is 6.07 Å². The number of unbranched alkanes of at least 4 members (excludes halogenated alkanes) is 2. The van der Waals surface area contributed by atoms with Crippen LogP contribution in [0.25, 0.3) is 0 Å². The maximum Gasteiger partial charge on any atom is 0.162 e. The van der Waals surface area contributed by atoms with Crippen molar-refractivity contribution in [1.82, 2.24) is 0 Å². The normalized spacial score (nSPS) is 9.94. The molecule has 1 aromatic carbocycles. The highest BCUT2D eigenvalue weighted by Crippen LogP contribution is 2.13. The third-order valence-corrected chi connectivity index (χ3v) is 3.01. The van der Waals surface area contributed by atoms with Crippen LogP contribution in [0.5, 0.6) is 0 Å². The van der Waals surface area contributed by atoms with E-state index in [2.05, 4.69) is 15.9 Å². The van der Waals surface area contributed by atoms with Crippen LogP contribution in [0.2, 0.25) is 0 Å². The summed E-state index contributed by atoms with van der Waals surface area (Å²) in [6.45, 7) is 0. The van der Waals surface area contributed by atoms with E-state index < -0.39 is 5.82 Å². The molecule has 0 atom stereocenters. The number of Topliss-reactive ketones (excluding diaryl/α,β-unsaturated/α-hetero) is 1. The van der Waals surface area contributed by atoms with Crippen molar-refractivity contribution in [3.8, 4) is 6.07 Å². The van der Waals surface area contributed by atoms with Gasteiger partial charge in [-0.05, 0) is 31.0 Å². The molecular weight excluding hydrogens is 285 g/mol. The molecule has 1 rings (SSSR count). The molecule has 0 aliphatic rings. The van der Waals surface area contributed by atoms with Crippen molar-refractivity contribution >= 4 is 21.7 Å². The van der Waals surface area contributed by atoms with Gasteiger partial charge in [-0.15, -0.1) is 0 Å². The fourth-order valence-corrected chi connectivity index (χ4v) is 1.88. The number of benzene rings is 1. The molecule has 1 aromatic rings. The Morgan fingerprint density at radius 3 is 2.71 bits per heavy atom. The first-order valence-electron chi connectivity index (χ1n) is 5.48. The average Bonchev–Trinajstić information content (AvgIpc) is 2.34. The van der Waals surface area contributed by atoms with E-state index >= 15 is 0 Å². The lowest BCUT2D eigenvalue weighted by Crippen LogP contribution is -2.00. The standard InChI is InChI=1S/C13H13BrFNO/c14-7-3-1-2-4-13(17)10-5-6-11(9-16)12(15)8-10/h5-6,8H,1-4,7H2. The molecule has 0 fully saturated rings. The third kappa shape index (κ3) is 4.27. The summed E-state index contributed by atoms with van der Waals surface area (Å²) in [7, 11) is 0. The minimum absolute atomic E-state index is 0.0270. The van der Waals surface area contributed by atoms with Gasteiger partial charge in [-0.1, -0.05) is 22.4 Å². The number of nitriles is 1. The molecule has 0 spiro atoms. The van der Waals surface area contributed by atoms with Crippen molar-refractivity contribution in [2.45, 2.75) is 25.7 Å². The Morgan fingerprint density at radius 2 is 2.12 bits per heavy atom. The lowest BCUT2D eigenvalue weighted by atomic mass is 10.0. The van der Waals surface area contributed by atoms with E-state index in [4.69, 9.17) is 5.26 Å². The Balaban J connectivity index is 2.58. The van der Waals surface area contributed by atoms with Gasteiger partial charge in [0.05, 0.1) is 5.56 Å². The van der Waals surface area contributed by atoms with Gasteiger partial charge < -0.3 is 0 Å². The first-order chi connectivity index (χ1) is 8.19. The zero-order valence-corrected chi connectivity index (χ0v) is 11.0. The lowest BCUT2D eigenvalue weighted by molar-refractivity contribution is 0.0979. The summed E-state index contributed by atoms with van der Waals surface area (Å²) in [4.78, 5) is 11.7. The Morgan fingerprint density at radius 1 is 1.35 bits per heavy atom. The van der Waals surface area contributed by atoms with Gasteiger partial charge in [0.15, 0.2) is 5.78 Å². The molecule has 17 heavy (non-hydrogen) atoms. The lowest BCUT2D eigenvalue weighted by Gasteiger charge is -2.02. The van der Waals surface area contributed by atoms with Crippen LogP contribution >= 0.6 is 15.9 Å². The second-order valence-corrected chi connectivity index (χ2v) is 4.52. The molecule has 0 saturated carbocycles. The van der Waals surface area contributed by atoms with Crippen molar-refractivity contribution in [3.05, 3.63) is 35.1 Å². The van der Waals surface area contributed by atoms with Gasteiger partial charge in [0.25, 0.3) is 0 Å². The van der Waals surface area contributed by atoms with Crippen LogP contribution in [0.4, 0.5) is 4.39 Å². The molecule has 2 nitrogen and oxygen atoms in total. The van der Waals surface area contributed by atoms with E-state index in [1.165, 1.54) is 12.1 Å². The van der Waals surface area contributed by atoms with Crippen LogP contribution in [-0.2, 0) is 0 Å². The second-order valence-electron chi connectivity index (χ2n) is 3.73. The zero-order valence-electron chi connectivity index (χ0n) is 9.38. The molecule has 0 aliphatic carbocycles. The Kier molecular flexibility index (Phi) is 5.85. The van der Waals surface area contributed by atoms with Gasteiger partial charge in [0, 0.05) is 17.3 Å². The molecule has 0 N–H and O–H groups in total. The zero-order chi connectivity index (χ0) is 12.7. The molecule has 4 heteroatoms. The first kappa shape index (κ1) is 13.9. The number of ketones is 1. The van der Waals surface area contributed by atoms with Gasteiger partial charge in [0.2, 0.25) is 0 Å². The summed E-state index contributed by atoms with van der Waals surface area (Å²) in [6.07, 6.45) is 3.26. The molecule has 0 aromatic heterocycles. The largest absolute Gasteiger partial charge is 0.294 e. The van der Waals surface area contributed by atoms with Crippen molar-refractivity contribution in [2.75, 3.05) is 5.33 Å². The van der Waals surface area contributed by atoms with E-state index in [0.717, 1.165) is 30.7 Å². The highest BCUT2D eigenvalue weighted by molar-refractivity contribution is 9.09. The summed E-state index contributed by atoms with van der Waals surface area (Å²) in [6, 6.07) is 5.73. The quantitative estimate of drug-likeness (QED) is 0.455. The number of halogens is 2. The molecular formula is C13H13BrFNO. The third-order valence-electron chi connectivity index (χ3n) is 2.45. The van der Waals surface area contributed by atoms with Crippen LogP contribution in [0.1, 0.15) is 41.6 Å². The molecule has 0 amide bonds. The number of hydrogen-bond donors (Lipinski definition) is 0. The minimum atomic E-state index is -0.626. The Bertz CT molecular complexity index is 440. The molecule has 0 radical (unpaired) electrons. The summed E-state index contributed by atoms with van der Waals surface area (Å²) >= 11 is 3.32. The van der Waals surface area contributed by atoms with Gasteiger partial charge in [0.1, 0.15) is 11.9 Å². The fourth-order valence-electron chi connectivity index (χ4n) is 1.48. The number of carbonyl (C=O) groups is 1. The maximum atomic E-state index is 13.3. The predicted molar refractivity (Wildman–Crippen MR) is 67.7 cm³/mol. The van der Waals surface area contributed by atoms with Crippen LogP contribution < -0.4 is 0 Å². The summed E-state index contributed by atoms with van der Waals surface area (Å²) in [5.41, 5.74) is 0.321. The average molecular weight is 298 g/mol. The first-order valence-corrected chi connectivity index (χ1v) is 6.60. The monoisotopic (exact) mass is 297 g/mol. The highest BCUT2D eigenvalue weighted by atomic mass is 79.9. The van der Waals surface area contributed by atoms with Crippen LogP contribution in [0.15, 0.2) is 18.2 Å². The van der Waals surface area contributed by atoms with Gasteiger partial charge in [-0.25, -0.2) is 4.39 Å². The molecule has 90 valence electrons. The van der Waals surface area contributed by atoms with Gasteiger partial charge in [-0.2, -0.15) is 5.26 Å². The fraction of sp³-hybridized carbons (Fsp3) is 0.385. The van der Waals surface area contributed by atoms with Crippen molar-refractivity contribution in [2.24, 2.45) is 0 Å². The van der Waals surface area contributed by atoms with E-state index in [0.29, 0.717) is 12.0 Å². The number of hydrogen-bond acceptors (Lipinski definition) is 2. The summed E-state index contributed by atoms with van der Waals surface area (Å²) in [5.74, 6) is -0.693. The Hall–Kier alpha value is -1.21. The predicted octanol–water partition coefficient (Wildman–Crippen LogP) is 3.84. The van der Waals surface area contributed by atoms with Crippen molar-refractivity contribution in [3.63, 3.8) is 0 Å². The van der Waals surface area contributed by atoms with Crippen LogP contribution in [0, 0.1) is 17.1 Å². The smallest absolute Gasteiger partial charge is 0.162 e. The van der Waals surface area contributed by atoms with E-state index in [-0.39, 0.29) is 11.3 Å². The summed E-state index contributed by atoms with van der Waals surface area (Å²) in [5, 5.41) is 9.51. The van der Waals surface area contributed by atoms with Crippen LogP contribution in [0.3, 0.4) is 0 Å². The molecule has 0 aliphatic heterocycles. The molecule has 0 bridgehead atoms. The SMILES string of the molecule is N#Cc1ccc(C(=O)CCCCCBr)cc1F. The summed E-state index contributed by atoms with van der Waals surface area (Å²) < 4.78 is 13.3. The Labute approximate surface area is 109 Å². The number of nitrogens with zero attached hydrogens (tertiary/aromatic N) is 1. The number of rotatable bonds is 6. The number of alkyl halides is 1. The molecule has 0 saturated heterocycles. The minimum Gasteiger partial charge on any atom is -0.294 e. The number of carbonyl (C=O) groups excluding carboxylic acids is 1. The molecule has 0 unspecified atom stereocenters. The van der Waals surface area contributed by atoms with Gasteiger partial charge in [-0.3, -0.25) is 4.79 Å². The second kappa shape index (κ2) is 7.18. The van der Waals surface area contributed by atoms with Crippen molar-refractivity contribution in [1.29, 1.82) is 5.26 Å². The molecule has 0 heterocycles. The van der Waals surface area contributed by atoms with Crippen molar-refractivity contribution < 1.29 is 9.18 Å². The van der Waals surface area contributed by atoms with Crippen LogP contribution in [-0.4, -0.2) is 11.1 Å². The topological polar surface area (TPSA) is 40.9 Å².